The van der Waals surface area contributed by atoms with Gasteiger partial charge in [0.1, 0.15) is 17.5 Å². The first-order valence-electron chi connectivity index (χ1n) is 11.2. The Morgan fingerprint density at radius 3 is 2.25 bits per heavy atom. The molecule has 0 aliphatic carbocycles. The monoisotopic (exact) mass is 469 g/mol. The van der Waals surface area contributed by atoms with Crippen LogP contribution in [0.1, 0.15) is 46.5 Å². The Morgan fingerprint density at radius 2 is 1.72 bits per heavy atom. The third-order valence-corrected chi connectivity index (χ3v) is 7.16. The summed E-state index contributed by atoms with van der Waals surface area (Å²) < 4.78 is 37.9. The van der Waals surface area contributed by atoms with Crippen molar-refractivity contribution < 1.29 is 22.7 Å². The van der Waals surface area contributed by atoms with Crippen molar-refractivity contribution in [3.05, 3.63) is 28.7 Å². The molecule has 180 valence electrons. The highest BCUT2D eigenvalue weighted by atomic mass is 32.2. The fraction of sp³-hybridized carbons (Fsp3) is 0.727. The molecule has 0 bridgehead atoms. The normalized spacial score (nSPS) is 19.7. The van der Waals surface area contributed by atoms with Gasteiger partial charge in [-0.2, -0.15) is 0 Å². The third kappa shape index (κ3) is 6.96. The second-order valence-corrected chi connectivity index (χ2v) is 11.7. The number of likely N-dealkylation sites (tertiary alicyclic amines) is 1. The number of piperidine rings is 2. The van der Waals surface area contributed by atoms with E-state index in [-0.39, 0.29) is 23.7 Å². The topological polar surface area (TPSA) is 98.1 Å². The molecule has 3 heterocycles. The van der Waals surface area contributed by atoms with Crippen molar-refractivity contribution in [3.8, 4) is 5.75 Å². The first-order valence-corrected chi connectivity index (χ1v) is 13.1. The van der Waals surface area contributed by atoms with Crippen LogP contribution < -0.4 is 10.3 Å². The summed E-state index contributed by atoms with van der Waals surface area (Å²) in [6.45, 7) is 8.24. The smallest absolute Gasteiger partial charge is 0.410 e. The van der Waals surface area contributed by atoms with Crippen LogP contribution in [0.4, 0.5) is 4.79 Å². The zero-order valence-corrected chi connectivity index (χ0v) is 20.3. The first-order chi connectivity index (χ1) is 14.9. The quantitative estimate of drug-likeness (QED) is 0.656. The third-order valence-electron chi connectivity index (χ3n) is 5.86. The molecular formula is C22H35N3O6S. The molecule has 1 aromatic rings. The lowest BCUT2D eigenvalue weighted by Gasteiger charge is -2.33. The molecule has 2 aliphatic rings. The summed E-state index contributed by atoms with van der Waals surface area (Å²) in [4.78, 5) is 26.4. The molecule has 3 rings (SSSR count). The summed E-state index contributed by atoms with van der Waals surface area (Å²) in [5, 5.41) is 0. The van der Waals surface area contributed by atoms with E-state index in [2.05, 4.69) is 0 Å². The predicted molar refractivity (Wildman–Crippen MR) is 121 cm³/mol. The SMILES string of the molecule is CC(C)(C)OC(=O)N1CCC(Oc2ccn(CC3CCN(S(C)(=O)=O)CC3)c(=O)c2)CC1. The Balaban J connectivity index is 1.48. The van der Waals surface area contributed by atoms with E-state index < -0.39 is 15.6 Å². The lowest BCUT2D eigenvalue weighted by atomic mass is 9.98. The van der Waals surface area contributed by atoms with Gasteiger partial charge in [-0.05, 0) is 45.6 Å². The molecule has 0 atom stereocenters. The number of hydrogen-bond acceptors (Lipinski definition) is 6. The molecule has 2 aliphatic heterocycles. The van der Waals surface area contributed by atoms with Gasteiger partial charge in [0, 0.05) is 57.8 Å². The number of aromatic nitrogens is 1. The van der Waals surface area contributed by atoms with E-state index in [1.807, 2.05) is 20.8 Å². The highest BCUT2D eigenvalue weighted by Gasteiger charge is 2.28. The summed E-state index contributed by atoms with van der Waals surface area (Å²) in [7, 11) is -3.15. The standard InChI is InChI=1S/C22H35N3O6S/c1-22(2,3)31-21(27)23-10-7-18(8-11-23)30-19-9-12-24(20(26)15-19)16-17-5-13-25(14-6-17)32(4,28)29/h9,12,15,17-18H,5-8,10-11,13-14,16H2,1-4H3. The number of hydrogen-bond donors (Lipinski definition) is 0. The zero-order chi connectivity index (χ0) is 23.5. The van der Waals surface area contributed by atoms with Gasteiger partial charge >= 0.3 is 6.09 Å². The van der Waals surface area contributed by atoms with Gasteiger partial charge in [0.25, 0.3) is 5.56 Å². The zero-order valence-electron chi connectivity index (χ0n) is 19.5. The first kappa shape index (κ1) is 24.6. The maximum Gasteiger partial charge on any atom is 0.410 e. The summed E-state index contributed by atoms with van der Waals surface area (Å²) >= 11 is 0. The Hall–Kier alpha value is -2.07. The van der Waals surface area contributed by atoms with Crippen molar-refractivity contribution in [2.75, 3.05) is 32.4 Å². The minimum Gasteiger partial charge on any atom is -0.490 e. The van der Waals surface area contributed by atoms with Crippen LogP contribution in [0.25, 0.3) is 0 Å². The molecule has 1 aromatic heterocycles. The highest BCUT2D eigenvalue weighted by molar-refractivity contribution is 7.88. The average Bonchev–Trinajstić information content (AvgIpc) is 2.69. The van der Waals surface area contributed by atoms with Crippen LogP contribution in [-0.4, -0.2) is 72.4 Å². The molecule has 10 heteroatoms. The Labute approximate surface area is 190 Å². The van der Waals surface area contributed by atoms with Crippen molar-refractivity contribution in [1.82, 2.24) is 13.8 Å². The molecule has 0 radical (unpaired) electrons. The molecular weight excluding hydrogens is 434 g/mol. The van der Waals surface area contributed by atoms with Gasteiger partial charge in [-0.1, -0.05) is 0 Å². The summed E-state index contributed by atoms with van der Waals surface area (Å²) in [6, 6.07) is 3.30. The maximum atomic E-state index is 12.6. The Morgan fingerprint density at radius 1 is 1.09 bits per heavy atom. The Bertz CT molecular complexity index is 953. The van der Waals surface area contributed by atoms with Crippen LogP contribution in [0.2, 0.25) is 0 Å². The highest BCUT2D eigenvalue weighted by Crippen LogP contribution is 2.22. The lowest BCUT2D eigenvalue weighted by Crippen LogP contribution is -2.44. The van der Waals surface area contributed by atoms with E-state index in [9.17, 15) is 18.0 Å². The van der Waals surface area contributed by atoms with Crippen LogP contribution in [-0.2, 0) is 21.3 Å². The minimum absolute atomic E-state index is 0.0516. The number of carbonyl (C=O) groups excluding carboxylic acids is 1. The average molecular weight is 470 g/mol. The second kappa shape index (κ2) is 9.82. The van der Waals surface area contributed by atoms with E-state index in [0.717, 1.165) is 12.8 Å². The maximum absolute atomic E-state index is 12.6. The van der Waals surface area contributed by atoms with Crippen molar-refractivity contribution in [2.24, 2.45) is 5.92 Å². The van der Waals surface area contributed by atoms with Gasteiger partial charge < -0.3 is 18.9 Å². The van der Waals surface area contributed by atoms with Gasteiger partial charge in [0.15, 0.2) is 0 Å². The molecule has 2 fully saturated rings. The van der Waals surface area contributed by atoms with Gasteiger partial charge in [0.05, 0.1) is 6.26 Å². The van der Waals surface area contributed by atoms with E-state index in [4.69, 9.17) is 9.47 Å². The number of rotatable bonds is 5. The minimum atomic E-state index is -3.15. The molecule has 0 aromatic carbocycles. The van der Waals surface area contributed by atoms with Gasteiger partial charge in [-0.3, -0.25) is 4.79 Å². The van der Waals surface area contributed by atoms with Gasteiger partial charge in [-0.15, -0.1) is 0 Å². The lowest BCUT2D eigenvalue weighted by molar-refractivity contribution is 0.0126. The van der Waals surface area contributed by atoms with E-state index in [1.165, 1.54) is 16.6 Å². The number of amides is 1. The molecule has 2 saturated heterocycles. The van der Waals surface area contributed by atoms with Gasteiger partial charge in [-0.25, -0.2) is 17.5 Å². The van der Waals surface area contributed by atoms with E-state index in [1.54, 1.807) is 21.7 Å². The number of ether oxygens (including phenoxy) is 2. The fourth-order valence-corrected chi connectivity index (χ4v) is 4.96. The summed E-state index contributed by atoms with van der Waals surface area (Å²) in [5.41, 5.74) is -0.641. The van der Waals surface area contributed by atoms with E-state index >= 15 is 0 Å². The number of sulfonamides is 1. The van der Waals surface area contributed by atoms with Crippen molar-refractivity contribution in [2.45, 2.75) is 64.7 Å². The van der Waals surface area contributed by atoms with Crippen LogP contribution >= 0.6 is 0 Å². The molecule has 0 unspecified atom stereocenters. The largest absolute Gasteiger partial charge is 0.490 e. The Kier molecular flexibility index (Phi) is 7.54. The summed E-state index contributed by atoms with van der Waals surface area (Å²) in [6.07, 6.45) is 5.48. The van der Waals surface area contributed by atoms with Crippen LogP contribution in [0.15, 0.2) is 23.1 Å². The summed E-state index contributed by atoms with van der Waals surface area (Å²) in [5.74, 6) is 0.809. The van der Waals surface area contributed by atoms with Crippen molar-refractivity contribution in [1.29, 1.82) is 0 Å². The molecule has 32 heavy (non-hydrogen) atoms. The van der Waals surface area contributed by atoms with Gasteiger partial charge in [0.2, 0.25) is 10.0 Å². The van der Waals surface area contributed by atoms with E-state index in [0.29, 0.717) is 51.3 Å². The van der Waals surface area contributed by atoms with Crippen LogP contribution in [0, 0.1) is 5.92 Å². The molecule has 0 saturated carbocycles. The van der Waals surface area contributed by atoms with Crippen LogP contribution in [0.5, 0.6) is 5.75 Å². The second-order valence-electron chi connectivity index (χ2n) is 9.74. The number of pyridine rings is 1. The number of carbonyl (C=O) groups is 1. The fourth-order valence-electron chi connectivity index (χ4n) is 4.09. The molecule has 0 spiro atoms. The predicted octanol–water partition coefficient (Wildman–Crippen LogP) is 2.30. The van der Waals surface area contributed by atoms with Crippen LogP contribution in [0.3, 0.4) is 0 Å². The van der Waals surface area contributed by atoms with Crippen molar-refractivity contribution in [3.63, 3.8) is 0 Å². The molecule has 0 N–H and O–H groups in total. The molecule has 9 nitrogen and oxygen atoms in total. The number of nitrogens with zero attached hydrogens (tertiary/aromatic N) is 3. The molecule has 1 amide bonds. The van der Waals surface area contributed by atoms with Crippen molar-refractivity contribution >= 4 is 16.1 Å².